The number of thiazole rings is 1. The summed E-state index contributed by atoms with van der Waals surface area (Å²) in [6.45, 7) is 3.02. The van der Waals surface area contributed by atoms with Gasteiger partial charge in [0.2, 0.25) is 5.60 Å². The number of nitrogens with one attached hydrogen (secondary N) is 1. The third kappa shape index (κ3) is 5.93. The number of hydrogen-bond acceptors (Lipinski definition) is 10. The van der Waals surface area contributed by atoms with Gasteiger partial charge >= 0.3 is 11.9 Å². The van der Waals surface area contributed by atoms with E-state index in [1.807, 2.05) is 41.2 Å². The minimum Gasteiger partial charge on any atom is -0.478 e. The van der Waals surface area contributed by atoms with Crippen molar-refractivity contribution in [2.75, 3.05) is 11.5 Å². The molecule has 204 valence electrons. The molecule has 1 fully saturated rings. The first-order valence-corrected chi connectivity index (χ1v) is 13.5. The molecule has 4 rings (SSSR count). The van der Waals surface area contributed by atoms with Crippen molar-refractivity contribution in [2.45, 2.75) is 37.4 Å². The number of pyridine rings is 1. The van der Waals surface area contributed by atoms with Crippen LogP contribution in [0.5, 0.6) is 0 Å². The highest BCUT2D eigenvalue weighted by atomic mass is 32.2. The van der Waals surface area contributed by atoms with Crippen molar-refractivity contribution in [3.63, 3.8) is 0 Å². The van der Waals surface area contributed by atoms with Crippen LogP contribution in [0.2, 0.25) is 0 Å². The van der Waals surface area contributed by atoms with Crippen LogP contribution in [0.1, 0.15) is 19.5 Å². The average molecular weight is 574 g/mol. The summed E-state index contributed by atoms with van der Waals surface area (Å²) in [7, 11) is 0. The molecule has 5 N–H and O–H groups in total. The van der Waals surface area contributed by atoms with Gasteiger partial charge in [-0.15, -0.1) is 23.1 Å². The van der Waals surface area contributed by atoms with Gasteiger partial charge in [0.1, 0.15) is 22.8 Å². The molecule has 0 radical (unpaired) electrons. The largest absolute Gasteiger partial charge is 0.478 e. The number of nitrogens with two attached hydrogens (primary N) is 1. The topological polar surface area (TPSA) is 188 Å². The maximum atomic E-state index is 13.2. The lowest BCUT2D eigenvalue weighted by atomic mass is 10.0. The maximum absolute atomic E-state index is 13.2. The zero-order chi connectivity index (χ0) is 28.3. The third-order valence-corrected chi connectivity index (χ3v) is 7.74. The van der Waals surface area contributed by atoms with Gasteiger partial charge in [0, 0.05) is 23.3 Å². The number of carboxylic acid groups (broad SMARTS) is 2. The highest BCUT2D eigenvalue weighted by Crippen LogP contribution is 2.40. The molecule has 2 amide bonds. The molecule has 2 aromatic heterocycles. The van der Waals surface area contributed by atoms with Crippen molar-refractivity contribution < 1.29 is 38.8 Å². The van der Waals surface area contributed by atoms with E-state index >= 15 is 0 Å². The minimum absolute atomic E-state index is 0.0333. The van der Waals surface area contributed by atoms with Gasteiger partial charge in [-0.05, 0) is 25.5 Å². The molecule has 0 aliphatic carbocycles. The molecule has 15 heteroatoms. The lowest BCUT2D eigenvalue weighted by molar-refractivity contribution is -0.687. The third-order valence-electron chi connectivity index (χ3n) is 5.76. The van der Waals surface area contributed by atoms with E-state index in [-0.39, 0.29) is 22.2 Å². The molecule has 0 saturated carbocycles. The van der Waals surface area contributed by atoms with Crippen LogP contribution in [-0.2, 0) is 30.6 Å². The SMILES string of the molecule is CC(C)(O/N=C(/C(=O)NC1C(=O)N2C(C(=O)O)=C(/C=C/C[n+]3ccccc3)CS[C@H]12)c1csc(N)n1)C(=O)O. The number of nitrogens with zero attached hydrogens (tertiary/aromatic N) is 4. The van der Waals surface area contributed by atoms with E-state index in [2.05, 4.69) is 15.5 Å². The predicted molar refractivity (Wildman–Crippen MR) is 141 cm³/mol. The molecule has 2 aromatic rings. The van der Waals surface area contributed by atoms with Gasteiger partial charge in [-0.3, -0.25) is 14.5 Å². The minimum atomic E-state index is -1.75. The fraction of sp³-hybridized carbons (Fsp3) is 0.292. The number of carbonyl (C=O) groups excluding carboxylic acids is 2. The molecular formula is C24H25N6O7S2+. The summed E-state index contributed by atoms with van der Waals surface area (Å²) in [5, 5.41) is 26.4. The predicted octanol–water partition coefficient (Wildman–Crippen LogP) is 0.592. The van der Waals surface area contributed by atoms with E-state index in [9.17, 15) is 29.4 Å². The molecule has 2 aliphatic heterocycles. The number of oxime groups is 1. The number of rotatable bonds is 10. The number of allylic oxidation sites excluding steroid dienone is 2. The highest BCUT2D eigenvalue weighted by molar-refractivity contribution is 8.00. The molecule has 2 atom stereocenters. The van der Waals surface area contributed by atoms with Crippen LogP contribution in [0.4, 0.5) is 5.13 Å². The van der Waals surface area contributed by atoms with E-state index in [0.717, 1.165) is 16.2 Å². The second-order valence-electron chi connectivity index (χ2n) is 8.93. The summed E-state index contributed by atoms with van der Waals surface area (Å²) in [5.74, 6) is -3.73. The number of fused-ring (bicyclic) bond motifs is 1. The van der Waals surface area contributed by atoms with Crippen LogP contribution >= 0.6 is 23.1 Å². The smallest absolute Gasteiger partial charge is 0.352 e. The normalized spacial score (nSPS) is 19.5. The molecule has 4 heterocycles. The van der Waals surface area contributed by atoms with Crippen molar-refractivity contribution >= 4 is 57.7 Å². The Bertz CT molecular complexity index is 1400. The number of amides is 2. The van der Waals surface area contributed by atoms with Crippen LogP contribution in [0, 0.1) is 0 Å². The van der Waals surface area contributed by atoms with E-state index in [1.165, 1.54) is 31.0 Å². The molecular weight excluding hydrogens is 548 g/mol. The molecule has 0 spiro atoms. The van der Waals surface area contributed by atoms with E-state index in [1.54, 1.807) is 6.08 Å². The lowest BCUT2D eigenvalue weighted by Crippen LogP contribution is -2.71. The average Bonchev–Trinajstić information content (AvgIpc) is 3.32. The van der Waals surface area contributed by atoms with Gasteiger partial charge in [0.25, 0.3) is 11.8 Å². The van der Waals surface area contributed by atoms with Crippen molar-refractivity contribution in [1.29, 1.82) is 0 Å². The van der Waals surface area contributed by atoms with Crippen molar-refractivity contribution in [2.24, 2.45) is 5.16 Å². The van der Waals surface area contributed by atoms with E-state index in [4.69, 9.17) is 10.6 Å². The number of anilines is 1. The van der Waals surface area contributed by atoms with Crippen LogP contribution in [-0.4, -0.2) is 72.3 Å². The van der Waals surface area contributed by atoms with Crippen molar-refractivity contribution in [1.82, 2.24) is 15.2 Å². The first-order chi connectivity index (χ1) is 18.5. The first kappa shape index (κ1) is 27.8. The second kappa shape index (κ2) is 11.2. The van der Waals surface area contributed by atoms with Gasteiger partial charge < -0.3 is 26.1 Å². The Morgan fingerprint density at radius 3 is 2.64 bits per heavy atom. The molecule has 13 nitrogen and oxygen atoms in total. The quantitative estimate of drug-likeness (QED) is 0.136. The summed E-state index contributed by atoms with van der Waals surface area (Å²) < 4.78 is 1.91. The maximum Gasteiger partial charge on any atom is 0.352 e. The Morgan fingerprint density at radius 2 is 2.03 bits per heavy atom. The van der Waals surface area contributed by atoms with Gasteiger partial charge in [0.15, 0.2) is 29.8 Å². The van der Waals surface area contributed by atoms with Crippen LogP contribution in [0.25, 0.3) is 0 Å². The van der Waals surface area contributed by atoms with Crippen LogP contribution < -0.4 is 15.6 Å². The molecule has 0 aromatic carbocycles. The van der Waals surface area contributed by atoms with Gasteiger partial charge in [-0.2, -0.15) is 0 Å². The number of aromatic nitrogens is 2. The molecule has 2 aliphatic rings. The van der Waals surface area contributed by atoms with E-state index in [0.29, 0.717) is 17.9 Å². The lowest BCUT2D eigenvalue weighted by Gasteiger charge is -2.49. The van der Waals surface area contributed by atoms with Crippen molar-refractivity contribution in [3.8, 4) is 0 Å². The molecule has 1 unspecified atom stereocenters. The van der Waals surface area contributed by atoms with Crippen molar-refractivity contribution in [3.05, 3.63) is 65.1 Å². The zero-order valence-corrected chi connectivity index (χ0v) is 22.4. The highest BCUT2D eigenvalue weighted by Gasteiger charge is 2.54. The van der Waals surface area contributed by atoms with Crippen LogP contribution in [0.15, 0.2) is 64.6 Å². The fourth-order valence-corrected chi connectivity index (χ4v) is 5.52. The summed E-state index contributed by atoms with van der Waals surface area (Å²) in [6.07, 6.45) is 7.24. The number of aliphatic carboxylic acids is 2. The summed E-state index contributed by atoms with van der Waals surface area (Å²) in [4.78, 5) is 59.9. The monoisotopic (exact) mass is 573 g/mol. The van der Waals surface area contributed by atoms with Gasteiger partial charge in [-0.1, -0.05) is 17.3 Å². The number of β-lactam (4-membered cyclic amide) rings is 1. The van der Waals surface area contributed by atoms with Crippen LogP contribution in [0.3, 0.4) is 0 Å². The summed E-state index contributed by atoms with van der Waals surface area (Å²) >= 11 is 2.34. The molecule has 1 saturated heterocycles. The van der Waals surface area contributed by atoms with Gasteiger partial charge in [-0.25, -0.2) is 19.1 Å². The standard InChI is InChI=1S/C24H24N6O7S2/c1-24(2,22(35)36)37-28-15(14-12-39-23(25)26-14)18(31)27-16-19(32)30-17(21(33)34)13(11-38-20(16)30)7-6-10-29-8-4-3-5-9-29/h3-9,12,16,20H,10-11H2,1-2H3,(H4-,25,26,27,31,33,34,35,36)/p+1/b7-6+,28-15+/t16?,20-/m1/s1. The first-order valence-electron chi connectivity index (χ1n) is 11.5. The van der Waals surface area contributed by atoms with E-state index < -0.39 is 40.8 Å². The Kier molecular flexibility index (Phi) is 8.01. The Hall–Kier alpha value is -4.24. The Labute approximate surface area is 230 Å². The molecule has 0 bridgehead atoms. The Morgan fingerprint density at radius 1 is 1.31 bits per heavy atom. The fourth-order valence-electron chi connectivity index (χ4n) is 3.65. The number of carboxylic acids is 2. The second-order valence-corrected chi connectivity index (χ2v) is 10.9. The van der Waals surface area contributed by atoms with Gasteiger partial charge in [0.05, 0.1) is 0 Å². The number of thioether (sulfide) groups is 1. The number of carbonyl (C=O) groups is 4. The number of hydrogen-bond donors (Lipinski definition) is 4. The molecule has 39 heavy (non-hydrogen) atoms. The summed E-state index contributed by atoms with van der Waals surface area (Å²) in [5.41, 5.74) is 3.91. The number of nitrogen functional groups attached to an aromatic ring is 1. The Balaban J connectivity index is 1.52. The summed E-state index contributed by atoms with van der Waals surface area (Å²) in [6, 6.07) is 4.60. The zero-order valence-electron chi connectivity index (χ0n) is 20.8.